The molecule has 1 saturated carbocycles. The average molecular weight is 476 g/mol. The Labute approximate surface area is 206 Å². The highest BCUT2D eigenvalue weighted by molar-refractivity contribution is 7.10. The van der Waals surface area contributed by atoms with Crippen LogP contribution >= 0.6 is 11.3 Å². The van der Waals surface area contributed by atoms with Crippen LogP contribution in [0.3, 0.4) is 0 Å². The van der Waals surface area contributed by atoms with E-state index in [1.54, 1.807) is 16.2 Å². The standard InChI is InChI=1S/C28H33N3O2S/c1-22-17-18-34-26(22)20-30(19-23-11-5-2-6-12-23)27(32)21-31(25-15-9-4-10-16-25)28(33)29-24-13-7-3-8-14-24/h2-3,5-8,11-14,17-18,25H,4,9-10,15-16,19-21H2,1H3,(H,29,33). The first kappa shape index (κ1) is 24.0. The third-order valence-corrected chi connectivity index (χ3v) is 7.49. The molecule has 6 heteroatoms. The SMILES string of the molecule is Cc1ccsc1CN(Cc1ccccc1)C(=O)CN(C(=O)Nc1ccccc1)C1CCCCC1. The molecule has 2 aromatic carbocycles. The van der Waals surface area contributed by atoms with Crippen molar-refractivity contribution in [1.29, 1.82) is 0 Å². The molecule has 1 aliphatic carbocycles. The first-order chi connectivity index (χ1) is 16.6. The van der Waals surface area contributed by atoms with Crippen molar-refractivity contribution in [2.75, 3.05) is 11.9 Å². The van der Waals surface area contributed by atoms with E-state index in [9.17, 15) is 9.59 Å². The number of benzene rings is 2. The van der Waals surface area contributed by atoms with E-state index in [4.69, 9.17) is 0 Å². The third-order valence-electron chi connectivity index (χ3n) is 6.48. The number of hydrogen-bond donors (Lipinski definition) is 1. The predicted molar refractivity (Wildman–Crippen MR) is 139 cm³/mol. The van der Waals surface area contributed by atoms with Crippen molar-refractivity contribution in [2.24, 2.45) is 0 Å². The van der Waals surface area contributed by atoms with Crippen LogP contribution < -0.4 is 5.32 Å². The summed E-state index contributed by atoms with van der Waals surface area (Å²) in [6.45, 7) is 3.24. The molecule has 178 valence electrons. The normalized spacial score (nSPS) is 13.9. The number of rotatable bonds is 8. The fourth-order valence-corrected chi connectivity index (χ4v) is 5.42. The maximum Gasteiger partial charge on any atom is 0.322 e. The van der Waals surface area contributed by atoms with E-state index < -0.39 is 0 Å². The topological polar surface area (TPSA) is 52.7 Å². The third kappa shape index (κ3) is 6.48. The lowest BCUT2D eigenvalue weighted by Gasteiger charge is -2.35. The Kier molecular flexibility index (Phi) is 8.36. The molecule has 1 aromatic heterocycles. The molecule has 1 aliphatic rings. The number of anilines is 1. The molecule has 5 nitrogen and oxygen atoms in total. The van der Waals surface area contributed by atoms with Gasteiger partial charge in [-0.25, -0.2) is 4.79 Å². The number of amides is 3. The van der Waals surface area contributed by atoms with E-state index in [-0.39, 0.29) is 24.5 Å². The number of hydrogen-bond acceptors (Lipinski definition) is 3. The first-order valence-corrected chi connectivity index (χ1v) is 13.0. The van der Waals surface area contributed by atoms with Gasteiger partial charge in [0.2, 0.25) is 5.91 Å². The largest absolute Gasteiger partial charge is 0.332 e. The Morgan fingerprint density at radius 2 is 1.59 bits per heavy atom. The number of urea groups is 1. The zero-order valence-electron chi connectivity index (χ0n) is 19.8. The van der Waals surface area contributed by atoms with Crippen molar-refractivity contribution in [1.82, 2.24) is 9.80 Å². The van der Waals surface area contributed by atoms with Gasteiger partial charge >= 0.3 is 6.03 Å². The van der Waals surface area contributed by atoms with Crippen LogP contribution in [0.2, 0.25) is 0 Å². The first-order valence-electron chi connectivity index (χ1n) is 12.1. The molecular weight excluding hydrogens is 442 g/mol. The fraction of sp³-hybridized carbons (Fsp3) is 0.357. The number of carbonyl (C=O) groups is 2. The zero-order chi connectivity index (χ0) is 23.8. The Morgan fingerprint density at radius 3 is 2.24 bits per heavy atom. The minimum absolute atomic E-state index is 0.0227. The Bertz CT molecular complexity index is 1060. The van der Waals surface area contributed by atoms with Gasteiger partial charge in [0.25, 0.3) is 0 Å². The van der Waals surface area contributed by atoms with Gasteiger partial charge in [0.15, 0.2) is 0 Å². The second kappa shape index (κ2) is 11.8. The fourth-order valence-electron chi connectivity index (χ4n) is 4.50. The molecule has 0 spiro atoms. The number of nitrogens with one attached hydrogen (secondary N) is 1. The van der Waals surface area contributed by atoms with E-state index in [2.05, 4.69) is 23.7 Å². The minimum Gasteiger partial charge on any atom is -0.332 e. The van der Waals surface area contributed by atoms with Crippen LogP contribution in [-0.4, -0.2) is 34.3 Å². The van der Waals surface area contributed by atoms with E-state index in [1.807, 2.05) is 65.6 Å². The van der Waals surface area contributed by atoms with Crippen LogP contribution in [0.1, 0.15) is 48.1 Å². The lowest BCUT2D eigenvalue weighted by Crippen LogP contribution is -2.49. The smallest absolute Gasteiger partial charge is 0.322 e. The second-order valence-corrected chi connectivity index (χ2v) is 9.98. The highest BCUT2D eigenvalue weighted by Crippen LogP contribution is 2.25. The van der Waals surface area contributed by atoms with Crippen LogP contribution in [0.5, 0.6) is 0 Å². The van der Waals surface area contributed by atoms with Crippen molar-refractivity contribution in [2.45, 2.75) is 58.2 Å². The van der Waals surface area contributed by atoms with Crippen molar-refractivity contribution < 1.29 is 9.59 Å². The monoisotopic (exact) mass is 475 g/mol. The van der Waals surface area contributed by atoms with E-state index in [0.717, 1.165) is 36.9 Å². The second-order valence-electron chi connectivity index (χ2n) is 8.98. The predicted octanol–water partition coefficient (Wildman–Crippen LogP) is 6.45. The zero-order valence-corrected chi connectivity index (χ0v) is 20.6. The van der Waals surface area contributed by atoms with Crippen LogP contribution in [-0.2, 0) is 17.9 Å². The summed E-state index contributed by atoms with van der Waals surface area (Å²) < 4.78 is 0. The molecule has 4 rings (SSSR count). The summed E-state index contributed by atoms with van der Waals surface area (Å²) in [7, 11) is 0. The van der Waals surface area contributed by atoms with Gasteiger partial charge in [-0.3, -0.25) is 4.79 Å². The molecule has 34 heavy (non-hydrogen) atoms. The van der Waals surface area contributed by atoms with Crippen molar-refractivity contribution in [3.05, 3.63) is 88.1 Å². The summed E-state index contributed by atoms with van der Waals surface area (Å²) in [6.07, 6.45) is 5.26. The quantitative estimate of drug-likeness (QED) is 0.407. The number of aryl methyl sites for hydroxylation is 1. The summed E-state index contributed by atoms with van der Waals surface area (Å²) in [4.78, 5) is 31.9. The highest BCUT2D eigenvalue weighted by Gasteiger charge is 2.29. The van der Waals surface area contributed by atoms with Crippen LogP contribution in [0.15, 0.2) is 72.1 Å². The number of thiophene rings is 1. The summed E-state index contributed by atoms with van der Waals surface area (Å²) in [5.41, 5.74) is 3.03. The lowest BCUT2D eigenvalue weighted by atomic mass is 9.94. The molecule has 1 N–H and O–H groups in total. The van der Waals surface area contributed by atoms with Crippen molar-refractivity contribution in [3.63, 3.8) is 0 Å². The molecule has 0 saturated heterocycles. The summed E-state index contributed by atoms with van der Waals surface area (Å²) in [5, 5.41) is 5.07. The van der Waals surface area contributed by atoms with Crippen LogP contribution in [0.4, 0.5) is 10.5 Å². The molecule has 0 atom stereocenters. The molecule has 0 radical (unpaired) electrons. The summed E-state index contributed by atoms with van der Waals surface area (Å²) >= 11 is 1.67. The van der Waals surface area contributed by atoms with Crippen LogP contribution in [0, 0.1) is 6.92 Å². The van der Waals surface area contributed by atoms with E-state index in [0.29, 0.717) is 13.1 Å². The maximum atomic E-state index is 13.7. The Morgan fingerprint density at radius 1 is 0.912 bits per heavy atom. The van der Waals surface area contributed by atoms with Gasteiger partial charge in [0.1, 0.15) is 6.54 Å². The van der Waals surface area contributed by atoms with Gasteiger partial charge in [0.05, 0.1) is 6.54 Å². The molecule has 3 amide bonds. The van der Waals surface area contributed by atoms with E-state index in [1.165, 1.54) is 16.9 Å². The highest BCUT2D eigenvalue weighted by atomic mass is 32.1. The van der Waals surface area contributed by atoms with Gasteiger partial charge < -0.3 is 15.1 Å². The number of para-hydroxylation sites is 1. The molecule has 1 heterocycles. The Balaban J connectivity index is 1.54. The molecule has 3 aromatic rings. The minimum atomic E-state index is -0.196. The van der Waals surface area contributed by atoms with Crippen LogP contribution in [0.25, 0.3) is 0 Å². The summed E-state index contributed by atoms with van der Waals surface area (Å²) in [6, 6.07) is 21.5. The molecule has 0 aliphatic heterocycles. The van der Waals surface area contributed by atoms with Crippen molar-refractivity contribution in [3.8, 4) is 0 Å². The summed E-state index contributed by atoms with van der Waals surface area (Å²) in [5.74, 6) is -0.0227. The molecule has 0 unspecified atom stereocenters. The van der Waals surface area contributed by atoms with Gasteiger partial charge in [-0.1, -0.05) is 67.8 Å². The molecule has 1 fully saturated rings. The van der Waals surface area contributed by atoms with Crippen molar-refractivity contribution >= 4 is 29.0 Å². The number of carbonyl (C=O) groups excluding carboxylic acids is 2. The number of nitrogens with zero attached hydrogens (tertiary/aromatic N) is 2. The van der Waals surface area contributed by atoms with E-state index >= 15 is 0 Å². The van der Waals surface area contributed by atoms with Gasteiger partial charge in [0, 0.05) is 23.2 Å². The Hall–Kier alpha value is -3.12. The van der Waals surface area contributed by atoms with Gasteiger partial charge in [-0.2, -0.15) is 0 Å². The molecular formula is C28H33N3O2S. The van der Waals surface area contributed by atoms with Gasteiger partial charge in [-0.05, 0) is 54.5 Å². The molecule has 0 bridgehead atoms. The average Bonchev–Trinajstić information content (AvgIpc) is 3.28. The maximum absolute atomic E-state index is 13.7. The van der Waals surface area contributed by atoms with Gasteiger partial charge in [-0.15, -0.1) is 11.3 Å². The lowest BCUT2D eigenvalue weighted by molar-refractivity contribution is -0.133.